The van der Waals surface area contributed by atoms with E-state index in [1.807, 2.05) is 37.4 Å². The third-order valence-electron chi connectivity index (χ3n) is 2.20. The van der Waals surface area contributed by atoms with Gasteiger partial charge in [-0.3, -0.25) is 0 Å². The second-order valence-corrected chi connectivity index (χ2v) is 3.26. The van der Waals surface area contributed by atoms with Gasteiger partial charge in [-0.05, 0) is 30.3 Å². The van der Waals surface area contributed by atoms with Crippen molar-refractivity contribution in [1.29, 1.82) is 0 Å². The smallest absolute Gasteiger partial charge is 0.122 e. The first kappa shape index (κ1) is 9.65. The minimum absolute atomic E-state index is 0.708. The Bertz CT molecular complexity index is 409. The number of benzene rings is 1. The van der Waals surface area contributed by atoms with Crippen LogP contribution in [0.25, 0.3) is 0 Å². The van der Waals surface area contributed by atoms with Gasteiger partial charge < -0.3 is 15.1 Å². The van der Waals surface area contributed by atoms with Crippen molar-refractivity contribution < 1.29 is 4.42 Å². The Balaban J connectivity index is 1.98. The Hall–Kier alpha value is -1.90. The highest BCUT2D eigenvalue weighted by Crippen LogP contribution is 2.15. The van der Waals surface area contributed by atoms with Gasteiger partial charge in [0.1, 0.15) is 5.76 Å². The molecule has 78 valence electrons. The van der Waals surface area contributed by atoms with Gasteiger partial charge >= 0.3 is 0 Å². The molecule has 0 amide bonds. The van der Waals surface area contributed by atoms with Crippen molar-refractivity contribution in [2.45, 2.75) is 6.54 Å². The number of hydrogen-bond acceptors (Lipinski definition) is 3. The third-order valence-corrected chi connectivity index (χ3v) is 2.20. The summed E-state index contributed by atoms with van der Waals surface area (Å²) in [7, 11) is 1.91. The summed E-state index contributed by atoms with van der Waals surface area (Å²) in [5.41, 5.74) is 2.18. The molecule has 0 fully saturated rings. The fraction of sp³-hybridized carbons (Fsp3) is 0.167. The van der Waals surface area contributed by atoms with Crippen LogP contribution in [-0.2, 0) is 6.54 Å². The number of furan rings is 1. The molecule has 0 atom stereocenters. The molecule has 2 aromatic rings. The van der Waals surface area contributed by atoms with Gasteiger partial charge in [-0.1, -0.05) is 6.07 Å². The molecule has 0 aliphatic rings. The van der Waals surface area contributed by atoms with E-state index in [4.69, 9.17) is 4.42 Å². The first-order valence-electron chi connectivity index (χ1n) is 4.92. The molecule has 1 aromatic heterocycles. The fourth-order valence-corrected chi connectivity index (χ4v) is 1.39. The highest BCUT2D eigenvalue weighted by atomic mass is 16.3. The van der Waals surface area contributed by atoms with Crippen LogP contribution in [0.5, 0.6) is 0 Å². The van der Waals surface area contributed by atoms with Gasteiger partial charge in [0, 0.05) is 18.4 Å². The van der Waals surface area contributed by atoms with E-state index in [0.717, 1.165) is 17.1 Å². The Morgan fingerprint density at radius 2 is 2.00 bits per heavy atom. The van der Waals surface area contributed by atoms with E-state index >= 15 is 0 Å². The van der Waals surface area contributed by atoms with Gasteiger partial charge in [-0.25, -0.2) is 0 Å². The standard InChI is InChI=1S/C12H14N2O/c1-13-10-4-2-5-11(8-10)14-9-12-6-3-7-15-12/h2-8,13-14H,9H2,1H3. The van der Waals surface area contributed by atoms with Crippen LogP contribution in [0, 0.1) is 0 Å². The lowest BCUT2D eigenvalue weighted by Crippen LogP contribution is -1.98. The van der Waals surface area contributed by atoms with E-state index in [1.165, 1.54) is 0 Å². The molecule has 0 spiro atoms. The largest absolute Gasteiger partial charge is 0.467 e. The molecule has 0 unspecified atom stereocenters. The van der Waals surface area contributed by atoms with E-state index in [9.17, 15) is 0 Å². The molecule has 0 bridgehead atoms. The van der Waals surface area contributed by atoms with Crippen molar-refractivity contribution in [2.75, 3.05) is 17.7 Å². The van der Waals surface area contributed by atoms with E-state index in [2.05, 4.69) is 16.7 Å². The predicted octanol–water partition coefficient (Wildman–Crippen LogP) is 2.93. The van der Waals surface area contributed by atoms with Gasteiger partial charge in [0.25, 0.3) is 0 Å². The zero-order chi connectivity index (χ0) is 10.5. The summed E-state index contributed by atoms with van der Waals surface area (Å²) in [5, 5.41) is 6.39. The summed E-state index contributed by atoms with van der Waals surface area (Å²) in [6.07, 6.45) is 1.68. The molecule has 0 saturated carbocycles. The minimum Gasteiger partial charge on any atom is -0.467 e. The third kappa shape index (κ3) is 2.53. The lowest BCUT2D eigenvalue weighted by molar-refractivity contribution is 0.518. The fourth-order valence-electron chi connectivity index (χ4n) is 1.39. The molecule has 1 aromatic carbocycles. The van der Waals surface area contributed by atoms with Crippen LogP contribution in [-0.4, -0.2) is 7.05 Å². The number of anilines is 2. The maximum atomic E-state index is 5.23. The summed E-state index contributed by atoms with van der Waals surface area (Å²) in [4.78, 5) is 0. The summed E-state index contributed by atoms with van der Waals surface area (Å²) in [6.45, 7) is 0.708. The molecule has 0 radical (unpaired) electrons. The van der Waals surface area contributed by atoms with Gasteiger partial charge in [0.05, 0.1) is 12.8 Å². The molecule has 0 aliphatic carbocycles. The minimum atomic E-state index is 0.708. The zero-order valence-corrected chi connectivity index (χ0v) is 8.66. The van der Waals surface area contributed by atoms with Crippen molar-refractivity contribution in [3.63, 3.8) is 0 Å². The maximum absolute atomic E-state index is 5.23. The number of hydrogen-bond donors (Lipinski definition) is 2. The molecule has 0 aliphatic heterocycles. The van der Waals surface area contributed by atoms with Crippen molar-refractivity contribution >= 4 is 11.4 Å². The Kier molecular flexibility index (Phi) is 2.93. The normalized spacial score (nSPS) is 9.93. The highest BCUT2D eigenvalue weighted by molar-refractivity contribution is 5.56. The van der Waals surface area contributed by atoms with Crippen molar-refractivity contribution in [2.24, 2.45) is 0 Å². The van der Waals surface area contributed by atoms with Crippen LogP contribution in [0.15, 0.2) is 47.1 Å². The summed E-state index contributed by atoms with van der Waals surface area (Å²) in [6, 6.07) is 12.0. The zero-order valence-electron chi connectivity index (χ0n) is 8.66. The van der Waals surface area contributed by atoms with E-state index in [0.29, 0.717) is 6.54 Å². The van der Waals surface area contributed by atoms with Crippen LogP contribution in [0.1, 0.15) is 5.76 Å². The summed E-state index contributed by atoms with van der Waals surface area (Å²) < 4.78 is 5.23. The van der Waals surface area contributed by atoms with Crippen LogP contribution in [0.2, 0.25) is 0 Å². The van der Waals surface area contributed by atoms with Crippen LogP contribution in [0.4, 0.5) is 11.4 Å². The summed E-state index contributed by atoms with van der Waals surface area (Å²) in [5.74, 6) is 0.935. The maximum Gasteiger partial charge on any atom is 0.122 e. The Labute approximate surface area is 89.1 Å². The van der Waals surface area contributed by atoms with Gasteiger partial charge in [0.2, 0.25) is 0 Å². The average Bonchev–Trinajstić information content (AvgIpc) is 2.79. The van der Waals surface area contributed by atoms with E-state index in [1.54, 1.807) is 6.26 Å². The predicted molar refractivity (Wildman–Crippen MR) is 62.0 cm³/mol. The molecule has 15 heavy (non-hydrogen) atoms. The monoisotopic (exact) mass is 202 g/mol. The van der Waals surface area contributed by atoms with E-state index in [-0.39, 0.29) is 0 Å². The molecule has 1 heterocycles. The molecule has 2 rings (SSSR count). The molecular weight excluding hydrogens is 188 g/mol. The molecule has 0 saturated heterocycles. The second kappa shape index (κ2) is 4.55. The second-order valence-electron chi connectivity index (χ2n) is 3.26. The molecular formula is C12H14N2O. The quantitative estimate of drug-likeness (QED) is 0.800. The van der Waals surface area contributed by atoms with Crippen molar-refractivity contribution in [1.82, 2.24) is 0 Å². The highest BCUT2D eigenvalue weighted by Gasteiger charge is 1.96. The van der Waals surface area contributed by atoms with Crippen LogP contribution >= 0.6 is 0 Å². The SMILES string of the molecule is CNc1cccc(NCc2ccco2)c1. The topological polar surface area (TPSA) is 37.2 Å². The molecule has 2 N–H and O–H groups in total. The van der Waals surface area contributed by atoms with E-state index < -0.39 is 0 Å². The van der Waals surface area contributed by atoms with Gasteiger partial charge in [0.15, 0.2) is 0 Å². The Morgan fingerprint density at radius 3 is 2.73 bits per heavy atom. The van der Waals surface area contributed by atoms with Crippen LogP contribution in [0.3, 0.4) is 0 Å². The Morgan fingerprint density at radius 1 is 1.13 bits per heavy atom. The van der Waals surface area contributed by atoms with Crippen LogP contribution < -0.4 is 10.6 Å². The van der Waals surface area contributed by atoms with Gasteiger partial charge in [-0.15, -0.1) is 0 Å². The van der Waals surface area contributed by atoms with Gasteiger partial charge in [-0.2, -0.15) is 0 Å². The summed E-state index contributed by atoms with van der Waals surface area (Å²) >= 11 is 0. The van der Waals surface area contributed by atoms with Crippen molar-refractivity contribution in [3.8, 4) is 0 Å². The average molecular weight is 202 g/mol. The number of nitrogens with one attached hydrogen (secondary N) is 2. The number of rotatable bonds is 4. The lowest BCUT2D eigenvalue weighted by Gasteiger charge is -2.06. The molecule has 3 nitrogen and oxygen atoms in total. The molecule has 3 heteroatoms. The van der Waals surface area contributed by atoms with Crippen molar-refractivity contribution in [3.05, 3.63) is 48.4 Å². The lowest BCUT2D eigenvalue weighted by atomic mass is 10.2. The first-order valence-corrected chi connectivity index (χ1v) is 4.92. The first-order chi connectivity index (χ1) is 7.38.